The summed E-state index contributed by atoms with van der Waals surface area (Å²) in [5, 5.41) is 22.4. The first kappa shape index (κ1) is 14.5. The number of nitrogens with one attached hydrogen (secondary N) is 2. The van der Waals surface area contributed by atoms with Gasteiger partial charge in [0.1, 0.15) is 6.04 Å². The van der Waals surface area contributed by atoms with Crippen molar-refractivity contribution >= 4 is 17.7 Å². The molecule has 6 nitrogen and oxygen atoms in total. The van der Waals surface area contributed by atoms with Gasteiger partial charge in [-0.3, -0.25) is 0 Å². The van der Waals surface area contributed by atoms with Crippen molar-refractivity contribution in [2.45, 2.75) is 25.8 Å². The molecular formula is C13H15N3O3. The molecule has 1 atom stereocenters. The lowest BCUT2D eigenvalue weighted by Crippen LogP contribution is -2.42. The molecule has 0 aliphatic carbocycles. The van der Waals surface area contributed by atoms with Crippen LogP contribution >= 0.6 is 0 Å². The van der Waals surface area contributed by atoms with Crippen molar-refractivity contribution < 1.29 is 14.7 Å². The third kappa shape index (κ3) is 4.68. The van der Waals surface area contributed by atoms with Crippen LogP contribution < -0.4 is 10.6 Å². The standard InChI is InChI=1S/C13H15N3O3/c1-2-3-11(12(17)18)16-13(19)15-10-6-4-9(8-14)5-7-10/h4-7,11H,2-3H2,1H3,(H,17,18)(H2,15,16,19)/t11-/m0/s1. The van der Waals surface area contributed by atoms with Crippen LogP contribution in [0.2, 0.25) is 0 Å². The van der Waals surface area contributed by atoms with Crippen LogP contribution in [0.15, 0.2) is 24.3 Å². The number of hydrogen-bond acceptors (Lipinski definition) is 3. The van der Waals surface area contributed by atoms with Crippen molar-refractivity contribution in [2.24, 2.45) is 0 Å². The van der Waals surface area contributed by atoms with E-state index in [-0.39, 0.29) is 0 Å². The monoisotopic (exact) mass is 261 g/mol. The number of carboxylic acid groups (broad SMARTS) is 1. The Morgan fingerprint density at radius 1 is 1.37 bits per heavy atom. The lowest BCUT2D eigenvalue weighted by atomic mass is 10.2. The van der Waals surface area contributed by atoms with Gasteiger partial charge in [-0.15, -0.1) is 0 Å². The Morgan fingerprint density at radius 2 is 2.00 bits per heavy atom. The summed E-state index contributed by atoms with van der Waals surface area (Å²) in [5.74, 6) is -1.06. The minimum absolute atomic E-state index is 0.371. The average Bonchev–Trinajstić information content (AvgIpc) is 2.39. The summed E-state index contributed by atoms with van der Waals surface area (Å²) >= 11 is 0. The summed E-state index contributed by atoms with van der Waals surface area (Å²) in [6.45, 7) is 1.84. The number of carbonyl (C=O) groups is 2. The van der Waals surface area contributed by atoms with Crippen molar-refractivity contribution in [3.05, 3.63) is 29.8 Å². The number of amides is 2. The Morgan fingerprint density at radius 3 is 2.47 bits per heavy atom. The average molecular weight is 261 g/mol. The maximum atomic E-state index is 11.6. The molecule has 0 aromatic heterocycles. The van der Waals surface area contributed by atoms with Crippen LogP contribution in [-0.2, 0) is 4.79 Å². The molecule has 0 fully saturated rings. The van der Waals surface area contributed by atoms with Gasteiger partial charge in [0.15, 0.2) is 0 Å². The highest BCUT2D eigenvalue weighted by molar-refractivity contribution is 5.92. The summed E-state index contributed by atoms with van der Waals surface area (Å²) in [6, 6.07) is 6.77. The normalized spacial score (nSPS) is 11.2. The van der Waals surface area contributed by atoms with Gasteiger partial charge >= 0.3 is 12.0 Å². The lowest BCUT2D eigenvalue weighted by Gasteiger charge is -2.14. The van der Waals surface area contributed by atoms with Gasteiger partial charge in [-0.05, 0) is 30.7 Å². The van der Waals surface area contributed by atoms with Crippen LogP contribution in [0, 0.1) is 11.3 Å². The predicted molar refractivity (Wildman–Crippen MR) is 69.6 cm³/mol. The molecule has 3 N–H and O–H groups in total. The van der Waals surface area contributed by atoms with E-state index in [0.29, 0.717) is 24.1 Å². The molecule has 2 amide bonds. The van der Waals surface area contributed by atoms with Crippen LogP contribution in [0.3, 0.4) is 0 Å². The molecule has 0 saturated heterocycles. The Kier molecular flexibility index (Phi) is 5.35. The molecule has 0 heterocycles. The van der Waals surface area contributed by atoms with Gasteiger partial charge in [-0.25, -0.2) is 9.59 Å². The molecule has 0 aliphatic rings. The number of nitriles is 1. The Bertz CT molecular complexity index is 491. The van der Waals surface area contributed by atoms with Crippen LogP contribution in [-0.4, -0.2) is 23.1 Å². The van der Waals surface area contributed by atoms with Gasteiger partial charge < -0.3 is 15.7 Å². The molecule has 6 heteroatoms. The van der Waals surface area contributed by atoms with E-state index in [9.17, 15) is 9.59 Å². The zero-order valence-corrected chi connectivity index (χ0v) is 10.5. The SMILES string of the molecule is CCC[C@H](NC(=O)Nc1ccc(C#N)cc1)C(=O)O. The van der Waals surface area contributed by atoms with E-state index in [0.717, 1.165) is 0 Å². The summed E-state index contributed by atoms with van der Waals surface area (Å²) in [4.78, 5) is 22.5. The minimum atomic E-state index is -1.06. The molecule has 100 valence electrons. The second-order valence-electron chi connectivity index (χ2n) is 3.97. The topological polar surface area (TPSA) is 102 Å². The van der Waals surface area contributed by atoms with Crippen molar-refractivity contribution in [1.29, 1.82) is 5.26 Å². The number of nitrogens with zero attached hydrogens (tertiary/aromatic N) is 1. The predicted octanol–water partition coefficient (Wildman–Crippen LogP) is 1.93. The van der Waals surface area contributed by atoms with Gasteiger partial charge in [0.25, 0.3) is 0 Å². The minimum Gasteiger partial charge on any atom is -0.480 e. The highest BCUT2D eigenvalue weighted by Crippen LogP contribution is 2.08. The zero-order valence-electron chi connectivity index (χ0n) is 10.5. The number of urea groups is 1. The maximum Gasteiger partial charge on any atom is 0.326 e. The smallest absolute Gasteiger partial charge is 0.326 e. The highest BCUT2D eigenvalue weighted by Gasteiger charge is 2.18. The summed E-state index contributed by atoms with van der Waals surface area (Å²) in [5.41, 5.74) is 0.984. The number of aliphatic carboxylic acids is 1. The third-order valence-electron chi connectivity index (χ3n) is 2.45. The molecule has 0 unspecified atom stereocenters. The lowest BCUT2D eigenvalue weighted by molar-refractivity contribution is -0.139. The fourth-order valence-electron chi connectivity index (χ4n) is 1.50. The van der Waals surface area contributed by atoms with Crippen LogP contribution in [0.5, 0.6) is 0 Å². The number of benzene rings is 1. The van der Waals surface area contributed by atoms with E-state index >= 15 is 0 Å². The Labute approximate surface area is 111 Å². The molecular weight excluding hydrogens is 246 g/mol. The van der Waals surface area contributed by atoms with E-state index < -0.39 is 18.0 Å². The van der Waals surface area contributed by atoms with Gasteiger partial charge in [0.2, 0.25) is 0 Å². The van der Waals surface area contributed by atoms with E-state index in [1.807, 2.05) is 13.0 Å². The first-order valence-corrected chi connectivity index (χ1v) is 5.87. The molecule has 0 bridgehead atoms. The van der Waals surface area contributed by atoms with Crippen molar-refractivity contribution in [2.75, 3.05) is 5.32 Å². The molecule has 1 aromatic carbocycles. The molecule has 0 radical (unpaired) electrons. The zero-order chi connectivity index (χ0) is 14.3. The van der Waals surface area contributed by atoms with E-state index in [1.54, 1.807) is 24.3 Å². The quantitative estimate of drug-likeness (QED) is 0.753. The van der Waals surface area contributed by atoms with Crippen molar-refractivity contribution in [3.8, 4) is 6.07 Å². The second kappa shape index (κ2) is 7.01. The van der Waals surface area contributed by atoms with Crippen LogP contribution in [0.25, 0.3) is 0 Å². The van der Waals surface area contributed by atoms with Gasteiger partial charge in [-0.2, -0.15) is 5.26 Å². The largest absolute Gasteiger partial charge is 0.480 e. The molecule has 1 rings (SSSR count). The molecule has 1 aromatic rings. The third-order valence-corrected chi connectivity index (χ3v) is 2.45. The first-order valence-electron chi connectivity index (χ1n) is 5.87. The van der Waals surface area contributed by atoms with E-state index in [1.165, 1.54) is 0 Å². The molecule has 0 aliphatic heterocycles. The second-order valence-corrected chi connectivity index (χ2v) is 3.97. The first-order chi connectivity index (χ1) is 9.06. The summed E-state index contributed by atoms with van der Waals surface area (Å²) in [6.07, 6.45) is 1.03. The number of carboxylic acids is 1. The van der Waals surface area contributed by atoms with Gasteiger partial charge in [-0.1, -0.05) is 13.3 Å². The number of rotatable bonds is 5. The molecule has 0 spiro atoms. The van der Waals surface area contributed by atoms with E-state index in [2.05, 4.69) is 10.6 Å². The summed E-state index contributed by atoms with van der Waals surface area (Å²) in [7, 11) is 0. The number of anilines is 1. The molecule has 0 saturated carbocycles. The Balaban J connectivity index is 2.58. The highest BCUT2D eigenvalue weighted by atomic mass is 16.4. The van der Waals surface area contributed by atoms with Gasteiger partial charge in [0, 0.05) is 5.69 Å². The van der Waals surface area contributed by atoms with E-state index in [4.69, 9.17) is 10.4 Å². The fourth-order valence-corrected chi connectivity index (χ4v) is 1.50. The summed E-state index contributed by atoms with van der Waals surface area (Å²) < 4.78 is 0. The maximum absolute atomic E-state index is 11.6. The van der Waals surface area contributed by atoms with Gasteiger partial charge in [0.05, 0.1) is 11.6 Å². The Hall–Kier alpha value is -2.55. The van der Waals surface area contributed by atoms with Crippen molar-refractivity contribution in [1.82, 2.24) is 5.32 Å². The molecule has 19 heavy (non-hydrogen) atoms. The van der Waals surface area contributed by atoms with Crippen LogP contribution in [0.1, 0.15) is 25.3 Å². The number of carbonyl (C=O) groups excluding carboxylic acids is 1. The fraction of sp³-hybridized carbons (Fsp3) is 0.308. The van der Waals surface area contributed by atoms with Crippen molar-refractivity contribution in [3.63, 3.8) is 0 Å². The number of hydrogen-bond donors (Lipinski definition) is 3. The van der Waals surface area contributed by atoms with Crippen LogP contribution in [0.4, 0.5) is 10.5 Å².